The van der Waals surface area contributed by atoms with Crippen LogP contribution in [0.3, 0.4) is 0 Å². The van der Waals surface area contributed by atoms with Crippen LogP contribution in [0.25, 0.3) is 0 Å². The van der Waals surface area contributed by atoms with Gasteiger partial charge in [-0.25, -0.2) is 0 Å². The molecule has 0 aliphatic carbocycles. The van der Waals surface area contributed by atoms with Crippen LogP contribution >= 0.6 is 11.3 Å². The Kier molecular flexibility index (Phi) is 6.67. The van der Waals surface area contributed by atoms with Gasteiger partial charge in [0, 0.05) is 57.6 Å². The van der Waals surface area contributed by atoms with Crippen molar-refractivity contribution < 1.29 is 9.59 Å². The van der Waals surface area contributed by atoms with E-state index in [0.717, 1.165) is 58.7 Å². The van der Waals surface area contributed by atoms with Crippen LogP contribution in [0.5, 0.6) is 0 Å². The summed E-state index contributed by atoms with van der Waals surface area (Å²) < 4.78 is 0. The van der Waals surface area contributed by atoms with Gasteiger partial charge in [-0.05, 0) is 37.4 Å². The van der Waals surface area contributed by atoms with Crippen molar-refractivity contribution in [3.8, 4) is 0 Å². The molecule has 1 aromatic heterocycles. The molecule has 0 aromatic carbocycles. The van der Waals surface area contributed by atoms with E-state index in [1.165, 1.54) is 4.88 Å². The third-order valence-electron chi connectivity index (χ3n) is 5.42. The molecule has 0 bridgehead atoms. The molecular weight excluding hydrogens is 348 g/mol. The first kappa shape index (κ1) is 19.3. The number of hydrogen-bond acceptors (Lipinski definition) is 5. The second-order valence-electron chi connectivity index (χ2n) is 7.52. The van der Waals surface area contributed by atoms with Crippen LogP contribution in [-0.4, -0.2) is 91.3 Å². The zero-order valence-electron chi connectivity index (χ0n) is 15.9. The van der Waals surface area contributed by atoms with E-state index >= 15 is 0 Å². The smallest absolute Gasteiger partial charge is 0.236 e. The van der Waals surface area contributed by atoms with Gasteiger partial charge in [0.05, 0.1) is 6.54 Å². The maximum Gasteiger partial charge on any atom is 0.236 e. The minimum Gasteiger partial charge on any atom is -0.349 e. The lowest BCUT2D eigenvalue weighted by Gasteiger charge is -2.37. The Balaban J connectivity index is 1.38. The maximum absolute atomic E-state index is 12.6. The van der Waals surface area contributed by atoms with E-state index in [2.05, 4.69) is 27.3 Å². The average molecular weight is 379 g/mol. The quantitative estimate of drug-likeness (QED) is 0.772. The highest BCUT2D eigenvalue weighted by molar-refractivity contribution is 7.09. The van der Waals surface area contributed by atoms with E-state index < -0.39 is 0 Å². The Morgan fingerprint density at radius 1 is 1.08 bits per heavy atom. The van der Waals surface area contributed by atoms with Crippen molar-refractivity contribution in [2.24, 2.45) is 5.92 Å². The van der Waals surface area contributed by atoms with Gasteiger partial charge in [0.15, 0.2) is 0 Å². The molecular formula is C19H30N4O2S. The Morgan fingerprint density at radius 3 is 2.35 bits per heavy atom. The zero-order valence-corrected chi connectivity index (χ0v) is 16.7. The van der Waals surface area contributed by atoms with Crippen molar-refractivity contribution in [1.29, 1.82) is 0 Å². The third kappa shape index (κ3) is 5.05. The van der Waals surface area contributed by atoms with Crippen LogP contribution in [0.2, 0.25) is 0 Å². The molecule has 0 spiro atoms. The van der Waals surface area contributed by atoms with E-state index in [9.17, 15) is 9.59 Å². The first-order chi connectivity index (χ1) is 12.5. The highest BCUT2D eigenvalue weighted by Gasteiger charge is 2.28. The van der Waals surface area contributed by atoms with E-state index in [-0.39, 0.29) is 17.7 Å². The molecule has 3 rings (SSSR count). The largest absolute Gasteiger partial charge is 0.349 e. The molecule has 6 nitrogen and oxygen atoms in total. The number of piperidine rings is 1. The number of amides is 2. The van der Waals surface area contributed by atoms with Gasteiger partial charge in [0.2, 0.25) is 11.8 Å². The van der Waals surface area contributed by atoms with E-state index in [1.807, 2.05) is 19.0 Å². The summed E-state index contributed by atoms with van der Waals surface area (Å²) in [6.07, 6.45) is 1.72. The van der Waals surface area contributed by atoms with Crippen LogP contribution in [0.1, 0.15) is 17.7 Å². The molecule has 1 aromatic rings. The number of nitrogens with zero attached hydrogens (tertiary/aromatic N) is 4. The summed E-state index contributed by atoms with van der Waals surface area (Å²) in [6, 6.07) is 4.27. The Hall–Kier alpha value is -1.44. The van der Waals surface area contributed by atoms with Gasteiger partial charge < -0.3 is 9.80 Å². The normalized spacial score (nSPS) is 20.3. The highest BCUT2D eigenvalue weighted by Crippen LogP contribution is 2.19. The molecule has 2 aliphatic heterocycles. The molecule has 2 amide bonds. The van der Waals surface area contributed by atoms with E-state index in [1.54, 1.807) is 16.2 Å². The van der Waals surface area contributed by atoms with Crippen LogP contribution in [0.15, 0.2) is 17.5 Å². The summed E-state index contributed by atoms with van der Waals surface area (Å²) in [5.74, 6) is 0.577. The fourth-order valence-corrected chi connectivity index (χ4v) is 4.52. The number of rotatable bonds is 5. The minimum atomic E-state index is 0.122. The van der Waals surface area contributed by atoms with Gasteiger partial charge in [-0.15, -0.1) is 11.3 Å². The lowest BCUT2D eigenvalue weighted by molar-refractivity contribution is -0.136. The fraction of sp³-hybridized carbons (Fsp3) is 0.684. The van der Waals surface area contributed by atoms with Gasteiger partial charge in [0.1, 0.15) is 0 Å². The topological polar surface area (TPSA) is 47.1 Å². The predicted molar refractivity (Wildman–Crippen MR) is 104 cm³/mol. The summed E-state index contributed by atoms with van der Waals surface area (Å²) in [5, 5.41) is 2.12. The number of thiophene rings is 1. The van der Waals surface area contributed by atoms with Gasteiger partial charge in [-0.2, -0.15) is 0 Å². The predicted octanol–water partition coefficient (Wildman–Crippen LogP) is 1.19. The van der Waals surface area contributed by atoms with Crippen molar-refractivity contribution in [3.63, 3.8) is 0 Å². The number of piperazine rings is 1. The van der Waals surface area contributed by atoms with Crippen LogP contribution in [-0.2, 0) is 16.1 Å². The maximum atomic E-state index is 12.6. The molecule has 0 N–H and O–H groups in total. The van der Waals surface area contributed by atoms with Crippen molar-refractivity contribution in [2.75, 3.05) is 59.9 Å². The Labute approximate surface area is 160 Å². The zero-order chi connectivity index (χ0) is 18.5. The lowest BCUT2D eigenvalue weighted by atomic mass is 9.95. The summed E-state index contributed by atoms with van der Waals surface area (Å²) in [5.41, 5.74) is 0. The number of hydrogen-bond donors (Lipinski definition) is 0. The molecule has 7 heteroatoms. The first-order valence-corrected chi connectivity index (χ1v) is 10.4. The lowest BCUT2D eigenvalue weighted by Crippen LogP contribution is -2.51. The summed E-state index contributed by atoms with van der Waals surface area (Å²) >= 11 is 1.79. The Bertz CT molecular complexity index is 589. The van der Waals surface area contributed by atoms with Gasteiger partial charge >= 0.3 is 0 Å². The molecule has 0 unspecified atom stereocenters. The van der Waals surface area contributed by atoms with Crippen LogP contribution < -0.4 is 0 Å². The van der Waals surface area contributed by atoms with Gasteiger partial charge in [-0.3, -0.25) is 19.4 Å². The summed E-state index contributed by atoms with van der Waals surface area (Å²) in [6.45, 7) is 6.70. The van der Waals surface area contributed by atoms with Crippen molar-refractivity contribution in [2.45, 2.75) is 19.4 Å². The molecule has 26 heavy (non-hydrogen) atoms. The van der Waals surface area contributed by atoms with Gasteiger partial charge in [0.25, 0.3) is 0 Å². The summed E-state index contributed by atoms with van der Waals surface area (Å²) in [4.78, 5) is 34.4. The van der Waals surface area contributed by atoms with Crippen molar-refractivity contribution in [3.05, 3.63) is 22.4 Å². The monoisotopic (exact) mass is 378 g/mol. The molecule has 0 radical (unpaired) electrons. The van der Waals surface area contributed by atoms with Crippen molar-refractivity contribution >= 4 is 23.2 Å². The summed E-state index contributed by atoms with van der Waals surface area (Å²) in [7, 11) is 3.63. The highest BCUT2D eigenvalue weighted by atomic mass is 32.1. The molecule has 0 atom stereocenters. The third-order valence-corrected chi connectivity index (χ3v) is 6.28. The minimum absolute atomic E-state index is 0.122. The van der Waals surface area contributed by atoms with E-state index in [0.29, 0.717) is 6.54 Å². The van der Waals surface area contributed by atoms with Crippen LogP contribution in [0.4, 0.5) is 0 Å². The number of carbonyl (C=O) groups excluding carboxylic acids is 2. The SMILES string of the molecule is CN(C)C(=O)C1CCN(CC(=O)N2CCN(Cc3cccs3)CC2)CC1. The standard InChI is InChI=1S/C19H30N4O2S/c1-20(2)19(25)16-5-7-21(8-6-16)15-18(24)23-11-9-22(10-12-23)14-17-4-3-13-26-17/h3-4,13,16H,5-12,14-15H2,1-2H3. The van der Waals surface area contributed by atoms with Crippen LogP contribution in [0, 0.1) is 5.92 Å². The van der Waals surface area contributed by atoms with E-state index in [4.69, 9.17) is 0 Å². The second-order valence-corrected chi connectivity index (χ2v) is 8.55. The fourth-order valence-electron chi connectivity index (χ4n) is 3.77. The first-order valence-electron chi connectivity index (χ1n) is 9.49. The molecule has 144 valence electrons. The molecule has 2 saturated heterocycles. The van der Waals surface area contributed by atoms with Gasteiger partial charge in [-0.1, -0.05) is 6.07 Å². The molecule has 2 fully saturated rings. The average Bonchev–Trinajstić information content (AvgIpc) is 3.15. The van der Waals surface area contributed by atoms with Crippen molar-refractivity contribution in [1.82, 2.24) is 19.6 Å². The number of carbonyl (C=O) groups is 2. The molecule has 0 saturated carbocycles. The Morgan fingerprint density at radius 2 is 1.77 bits per heavy atom. The number of likely N-dealkylation sites (tertiary alicyclic amines) is 1. The molecule has 2 aliphatic rings. The second kappa shape index (κ2) is 8.97. The molecule has 3 heterocycles.